The normalized spacial score (nSPS) is 13.7. The molecule has 25 nitrogen and oxygen atoms in total. The summed E-state index contributed by atoms with van der Waals surface area (Å²) in [4.78, 5) is 123. The fourth-order valence-electron chi connectivity index (χ4n) is 12.3. The Balaban J connectivity index is 0.000000134. The second-order valence-corrected chi connectivity index (χ2v) is 26.6. The average molecular weight is 1430 g/mol. The van der Waals surface area contributed by atoms with Crippen LogP contribution in [0.2, 0.25) is 5.02 Å². The van der Waals surface area contributed by atoms with Gasteiger partial charge in [0, 0.05) is 113 Å². The largest absolute Gasteiger partial charge is 0.393 e. The highest BCUT2D eigenvalue weighted by Gasteiger charge is 2.34. The number of carbonyl (C=O) groups is 3. The Bertz CT molecular complexity index is 5120. The van der Waals surface area contributed by atoms with E-state index in [9.17, 15) is 49.0 Å². The zero-order chi connectivity index (χ0) is 70.5. The predicted molar refractivity (Wildman–Crippen MR) is 395 cm³/mol. The van der Waals surface area contributed by atoms with Crippen LogP contribution in [0.25, 0.3) is 33.1 Å². The number of aromatic nitrogens is 6. The first-order valence-corrected chi connectivity index (χ1v) is 35.2. The molecule has 3 saturated heterocycles. The fraction of sp³-hybridized carbons (Fsp3) is 0.208. The molecule has 0 bridgehead atoms. The number of hydrogen-bond acceptors (Lipinski definition) is 20. The third-order valence-corrected chi connectivity index (χ3v) is 20.2. The van der Waals surface area contributed by atoms with E-state index in [-0.39, 0.29) is 52.8 Å². The number of rotatable bonds is 13. The van der Waals surface area contributed by atoms with Crippen molar-refractivity contribution in [3.05, 3.63) is 286 Å². The number of nitrogen functional groups attached to an aromatic ring is 1. The molecule has 3 aliphatic rings. The summed E-state index contributed by atoms with van der Waals surface area (Å²) < 4.78 is 4.28. The Morgan fingerprint density at radius 3 is 1.17 bits per heavy atom. The van der Waals surface area contributed by atoms with Gasteiger partial charge in [-0.05, 0) is 87.4 Å². The highest BCUT2D eigenvalue weighted by molar-refractivity contribution is 7.12. The van der Waals surface area contributed by atoms with E-state index >= 15 is 0 Å². The zero-order valence-corrected chi connectivity index (χ0v) is 57.4. The Labute approximate surface area is 594 Å². The Morgan fingerprint density at radius 1 is 0.436 bits per heavy atom. The molecule has 0 unspecified atom stereocenters. The molecule has 3 N–H and O–H groups in total. The molecule has 0 radical (unpaired) electrons. The minimum absolute atomic E-state index is 0.0473. The van der Waals surface area contributed by atoms with Crippen molar-refractivity contribution in [3.63, 3.8) is 0 Å². The first kappa shape index (κ1) is 69.6. The second-order valence-electron chi connectivity index (χ2n) is 23.4. The van der Waals surface area contributed by atoms with Crippen LogP contribution in [0.1, 0.15) is 45.7 Å². The van der Waals surface area contributed by atoms with Crippen LogP contribution >= 0.6 is 45.6 Å². The summed E-state index contributed by atoms with van der Waals surface area (Å²) >= 11 is 10.4. The maximum atomic E-state index is 13.4. The van der Waals surface area contributed by atoms with Crippen LogP contribution in [0, 0.1) is 20.2 Å². The van der Waals surface area contributed by atoms with E-state index in [1.165, 1.54) is 49.3 Å². The molecule has 3 fully saturated rings. The molecule has 0 saturated carbocycles. The molecule has 9 aromatic heterocycles. The van der Waals surface area contributed by atoms with Gasteiger partial charge in [-0.15, -0.1) is 34.0 Å². The number of nitrogens with zero attached hydrogens (tertiary/aromatic N) is 13. The number of amides is 3. The van der Waals surface area contributed by atoms with Crippen LogP contribution in [0.15, 0.2) is 213 Å². The lowest BCUT2D eigenvalue weighted by molar-refractivity contribution is -0.386. The second kappa shape index (κ2) is 32.1. The molecule has 12 aromatic rings. The van der Waals surface area contributed by atoms with Crippen molar-refractivity contribution >= 4 is 125 Å². The van der Waals surface area contributed by atoms with Crippen LogP contribution in [0.3, 0.4) is 0 Å². The molecular formula is C72H66ClN15O10S3. The Morgan fingerprint density at radius 2 is 0.782 bits per heavy atom. The Kier molecular flexibility index (Phi) is 22.1. The van der Waals surface area contributed by atoms with E-state index in [0.717, 1.165) is 58.0 Å². The standard InChI is InChI=1S/C24H21N5O4S.C24H23N5O2S.C15H10ClN3O3.C9H12N2OS/c30-23(19-9-5-15-34-19)27-13-11-26(12-14-27)20-18-8-4-10-25-22(18)28(24(31)21(20)29(32)33)16-17-6-2-1-3-7-17;25-20-21(27-11-13-28(14-12-27)23(30)19-9-5-15-32-19)18-8-4-10-26-22(18)29(24(20)31)16-17-6-2-1-3-7-17;16-12-11-7-4-8-17-14(11)18(15(20)13(12)19(21)22)9-10-5-2-1-3-6-10;12-9(8-2-1-7-13-8)11-5-3-10-4-6-11/h1-10,15H,11-14,16H2;1-10,15H,11-14,16,25H2;1-8H,9H2;1-2,7,10H,3-6H2. The van der Waals surface area contributed by atoms with E-state index in [0.29, 0.717) is 97.2 Å². The van der Waals surface area contributed by atoms with E-state index in [1.54, 1.807) is 52.2 Å². The zero-order valence-electron chi connectivity index (χ0n) is 54.2. The SMILES string of the molecule is Nc1c(N2CCN(C(=O)c3cccs3)CC2)c2cccnc2n(Cc2ccccc2)c1=O.O=C(c1cccs1)N1CCN(c2c([N+](=O)[O-])c(=O)n(Cc3ccccc3)c3ncccc23)CC1.O=C(c1cccs1)N1CCNCC1.O=c1c([N+](=O)[O-])c(Cl)c2cccnc2n1Cc1ccccc1. The van der Waals surface area contributed by atoms with Crippen molar-refractivity contribution in [2.75, 3.05) is 94.1 Å². The number of anilines is 3. The third kappa shape index (κ3) is 15.6. The van der Waals surface area contributed by atoms with Crippen molar-refractivity contribution in [3.8, 4) is 0 Å². The van der Waals surface area contributed by atoms with Gasteiger partial charge in [0.05, 0.1) is 49.8 Å². The summed E-state index contributed by atoms with van der Waals surface area (Å²) in [6, 6.07) is 50.0. The maximum absolute atomic E-state index is 13.4. The van der Waals surface area contributed by atoms with E-state index in [4.69, 9.17) is 17.3 Å². The van der Waals surface area contributed by atoms with E-state index < -0.39 is 32.3 Å². The van der Waals surface area contributed by atoms with Gasteiger partial charge in [0.1, 0.15) is 33.3 Å². The van der Waals surface area contributed by atoms with Crippen molar-refractivity contribution in [1.82, 2.24) is 48.7 Å². The van der Waals surface area contributed by atoms with Gasteiger partial charge in [-0.3, -0.25) is 62.7 Å². The number of nitrogens with two attached hydrogens (primary N) is 1. The highest BCUT2D eigenvalue weighted by Crippen LogP contribution is 2.36. The lowest BCUT2D eigenvalue weighted by Gasteiger charge is -2.37. The van der Waals surface area contributed by atoms with Crippen molar-refractivity contribution < 1.29 is 24.2 Å². The minimum Gasteiger partial charge on any atom is -0.393 e. The van der Waals surface area contributed by atoms with Gasteiger partial charge < -0.3 is 35.6 Å². The number of nitrogens with one attached hydrogen (secondary N) is 1. The summed E-state index contributed by atoms with van der Waals surface area (Å²) in [5, 5.41) is 33.8. The molecule has 0 aliphatic carbocycles. The van der Waals surface area contributed by atoms with Crippen LogP contribution in [-0.4, -0.2) is 149 Å². The molecule has 101 heavy (non-hydrogen) atoms. The number of benzene rings is 3. The van der Waals surface area contributed by atoms with Crippen LogP contribution in [0.4, 0.5) is 28.4 Å². The average Bonchev–Trinajstić information content (AvgIpc) is 1.11. The van der Waals surface area contributed by atoms with Gasteiger partial charge in [-0.1, -0.05) is 121 Å². The number of fused-ring (bicyclic) bond motifs is 3. The lowest BCUT2D eigenvalue weighted by atomic mass is 10.1. The number of carbonyl (C=O) groups excluding carboxylic acids is 3. The first-order valence-electron chi connectivity index (χ1n) is 32.2. The number of hydrogen-bond donors (Lipinski definition) is 2. The van der Waals surface area contributed by atoms with Gasteiger partial charge in [-0.2, -0.15) is 0 Å². The topological polar surface area (TPSA) is 296 Å². The summed E-state index contributed by atoms with van der Waals surface area (Å²) in [7, 11) is 0. The summed E-state index contributed by atoms with van der Waals surface area (Å²) in [5.41, 5.74) is 8.88. The number of halogens is 1. The van der Waals surface area contributed by atoms with Crippen molar-refractivity contribution in [2.24, 2.45) is 0 Å². The quantitative estimate of drug-likeness (QED) is 0.0801. The monoisotopic (exact) mass is 1430 g/mol. The lowest BCUT2D eigenvalue weighted by Crippen LogP contribution is -2.49. The van der Waals surface area contributed by atoms with Crippen LogP contribution in [0.5, 0.6) is 0 Å². The smallest absolute Gasteiger partial charge is 0.357 e. The minimum atomic E-state index is -0.759. The molecule has 0 spiro atoms. The number of piperazine rings is 3. The van der Waals surface area contributed by atoms with Crippen LogP contribution in [-0.2, 0) is 19.6 Å². The van der Waals surface area contributed by atoms with Crippen LogP contribution < -0.4 is 37.5 Å². The molecule has 3 amide bonds. The molecule has 3 aliphatic heterocycles. The molecule has 12 heterocycles. The molecule has 15 rings (SSSR count). The number of nitro groups is 2. The fourth-order valence-corrected chi connectivity index (χ4v) is 14.7. The molecule has 3 aromatic carbocycles. The summed E-state index contributed by atoms with van der Waals surface area (Å²) in [5.74, 6) is 0.183. The number of thiophene rings is 3. The van der Waals surface area contributed by atoms with Crippen molar-refractivity contribution in [2.45, 2.75) is 19.6 Å². The maximum Gasteiger partial charge on any atom is 0.357 e. The van der Waals surface area contributed by atoms with Gasteiger partial charge in [0.15, 0.2) is 0 Å². The molecule has 514 valence electrons. The van der Waals surface area contributed by atoms with Gasteiger partial charge in [-0.25, -0.2) is 15.0 Å². The number of pyridine rings is 6. The predicted octanol–water partition coefficient (Wildman–Crippen LogP) is 10.2. The van der Waals surface area contributed by atoms with Crippen molar-refractivity contribution in [1.29, 1.82) is 0 Å². The Hall–Kier alpha value is -11.3. The molecular weight excluding hydrogens is 1370 g/mol. The van der Waals surface area contributed by atoms with Gasteiger partial charge in [0.25, 0.3) is 23.3 Å². The third-order valence-electron chi connectivity index (χ3n) is 17.2. The van der Waals surface area contributed by atoms with E-state index in [2.05, 4.69) is 25.2 Å². The molecule has 29 heteroatoms. The molecule has 0 atom stereocenters. The first-order chi connectivity index (χ1) is 49.1. The summed E-state index contributed by atoms with van der Waals surface area (Å²) in [6.07, 6.45) is 4.79. The highest BCUT2D eigenvalue weighted by atomic mass is 35.5. The van der Waals surface area contributed by atoms with E-state index in [1.807, 2.05) is 164 Å². The summed E-state index contributed by atoms with van der Waals surface area (Å²) in [6.45, 7) is 8.18. The van der Waals surface area contributed by atoms with Gasteiger partial charge in [0.2, 0.25) is 0 Å². The van der Waals surface area contributed by atoms with Gasteiger partial charge >= 0.3 is 22.5 Å².